The van der Waals surface area contributed by atoms with Crippen molar-refractivity contribution >= 4 is 0 Å². The molecule has 0 aliphatic heterocycles. The predicted octanol–water partition coefficient (Wildman–Crippen LogP) is 2.58. The van der Waals surface area contributed by atoms with Crippen molar-refractivity contribution in [1.82, 2.24) is 4.90 Å². The van der Waals surface area contributed by atoms with E-state index in [1.165, 1.54) is 5.70 Å². The minimum absolute atomic E-state index is 1.21. The summed E-state index contributed by atoms with van der Waals surface area (Å²) in [6, 6.07) is 0. The number of rotatable bonds is 3. The van der Waals surface area contributed by atoms with Crippen LogP contribution < -0.4 is 0 Å². The molecule has 0 fully saturated rings. The zero-order chi connectivity index (χ0) is 8.69. The highest BCUT2D eigenvalue weighted by molar-refractivity contribution is 5.21. The van der Waals surface area contributed by atoms with Gasteiger partial charge in [-0.05, 0) is 26.0 Å². The van der Waals surface area contributed by atoms with Gasteiger partial charge in [-0.2, -0.15) is 0 Å². The molecule has 0 radical (unpaired) electrons. The van der Waals surface area contributed by atoms with Gasteiger partial charge in [0.1, 0.15) is 0 Å². The molecule has 0 aromatic heterocycles. The average molecular weight is 151 g/mol. The number of hydrogen-bond donors (Lipinski definition) is 0. The molecule has 0 rings (SSSR count). The molecule has 0 unspecified atom stereocenters. The highest BCUT2D eigenvalue weighted by atomic mass is 15.1. The molecule has 1 nitrogen and oxygen atoms in total. The van der Waals surface area contributed by atoms with Crippen LogP contribution in [0.25, 0.3) is 0 Å². The van der Waals surface area contributed by atoms with Crippen LogP contribution in [0.5, 0.6) is 0 Å². The summed E-state index contributed by atoms with van der Waals surface area (Å²) in [5.41, 5.74) is 1.21. The number of likely N-dealkylation sites (N-methyl/N-ethyl adjacent to an activating group) is 1. The van der Waals surface area contributed by atoms with E-state index < -0.39 is 0 Å². The lowest BCUT2D eigenvalue weighted by atomic mass is 10.3. The van der Waals surface area contributed by atoms with Crippen molar-refractivity contribution in [2.45, 2.75) is 13.8 Å². The monoisotopic (exact) mass is 151 g/mol. The van der Waals surface area contributed by atoms with Gasteiger partial charge in [-0.3, -0.25) is 0 Å². The van der Waals surface area contributed by atoms with E-state index in [-0.39, 0.29) is 0 Å². The first-order chi connectivity index (χ1) is 5.22. The van der Waals surface area contributed by atoms with Gasteiger partial charge in [-0.25, -0.2) is 0 Å². The summed E-state index contributed by atoms with van der Waals surface area (Å²) in [6.07, 6.45) is 10.3. The minimum Gasteiger partial charge on any atom is -0.378 e. The Bertz CT molecular complexity index is 173. The minimum atomic E-state index is 1.21. The van der Waals surface area contributed by atoms with E-state index in [0.717, 1.165) is 0 Å². The quantitative estimate of drug-likeness (QED) is 0.560. The Hall–Kier alpha value is -0.980. The van der Waals surface area contributed by atoms with Crippen LogP contribution in [0.1, 0.15) is 13.8 Å². The van der Waals surface area contributed by atoms with Crippen LogP contribution in [-0.2, 0) is 0 Å². The van der Waals surface area contributed by atoms with Gasteiger partial charge in [0.05, 0.1) is 0 Å². The standard InChI is InChI=1S/C10H17N/c1-5-7-9-10(8-6-2)11(3)4/h5-9H,1-4H3/b7-5-,8-6-,10-9-. The fourth-order valence-corrected chi connectivity index (χ4v) is 0.719. The SMILES string of the molecule is C\C=C/C=C(/C=C\C)N(C)C. The Labute approximate surface area is 69.7 Å². The lowest BCUT2D eigenvalue weighted by Gasteiger charge is -2.12. The Balaban J connectivity index is 4.32. The van der Waals surface area contributed by atoms with Gasteiger partial charge in [-0.15, -0.1) is 0 Å². The molecule has 62 valence electrons. The second-order valence-corrected chi connectivity index (χ2v) is 2.51. The summed E-state index contributed by atoms with van der Waals surface area (Å²) < 4.78 is 0. The van der Waals surface area contributed by atoms with Crippen LogP contribution in [0.4, 0.5) is 0 Å². The Kier molecular flexibility index (Phi) is 5.26. The van der Waals surface area contributed by atoms with Crippen molar-refractivity contribution in [3.63, 3.8) is 0 Å². The van der Waals surface area contributed by atoms with Gasteiger partial charge < -0.3 is 4.90 Å². The van der Waals surface area contributed by atoms with Crippen molar-refractivity contribution in [2.24, 2.45) is 0 Å². The third-order valence-corrected chi connectivity index (χ3v) is 1.31. The van der Waals surface area contributed by atoms with Crippen LogP contribution in [0, 0.1) is 0 Å². The van der Waals surface area contributed by atoms with E-state index in [9.17, 15) is 0 Å². The zero-order valence-corrected chi connectivity index (χ0v) is 7.83. The van der Waals surface area contributed by atoms with E-state index in [4.69, 9.17) is 0 Å². The summed E-state index contributed by atoms with van der Waals surface area (Å²) >= 11 is 0. The second kappa shape index (κ2) is 5.78. The smallest absolute Gasteiger partial charge is 0.0357 e. The summed E-state index contributed by atoms with van der Waals surface area (Å²) in [7, 11) is 4.07. The van der Waals surface area contributed by atoms with Crippen LogP contribution >= 0.6 is 0 Å². The maximum absolute atomic E-state index is 2.08. The Morgan fingerprint density at radius 3 is 2.09 bits per heavy atom. The maximum Gasteiger partial charge on any atom is 0.0357 e. The van der Waals surface area contributed by atoms with Gasteiger partial charge in [0.25, 0.3) is 0 Å². The van der Waals surface area contributed by atoms with E-state index >= 15 is 0 Å². The Morgan fingerprint density at radius 1 is 1.09 bits per heavy atom. The summed E-state index contributed by atoms with van der Waals surface area (Å²) in [5, 5.41) is 0. The van der Waals surface area contributed by atoms with Gasteiger partial charge in [-0.1, -0.05) is 18.2 Å². The normalized spacial score (nSPS) is 13.3. The van der Waals surface area contributed by atoms with Crippen molar-refractivity contribution < 1.29 is 0 Å². The molecular weight excluding hydrogens is 134 g/mol. The van der Waals surface area contributed by atoms with Crippen LogP contribution in [-0.4, -0.2) is 19.0 Å². The van der Waals surface area contributed by atoms with Crippen molar-refractivity contribution in [3.8, 4) is 0 Å². The van der Waals surface area contributed by atoms with Gasteiger partial charge in [0, 0.05) is 19.8 Å². The third kappa shape index (κ3) is 4.43. The molecule has 0 aliphatic carbocycles. The molecule has 0 saturated carbocycles. The van der Waals surface area contributed by atoms with E-state index in [1.54, 1.807) is 0 Å². The van der Waals surface area contributed by atoms with E-state index in [2.05, 4.69) is 17.1 Å². The largest absolute Gasteiger partial charge is 0.378 e. The van der Waals surface area contributed by atoms with Gasteiger partial charge >= 0.3 is 0 Å². The van der Waals surface area contributed by atoms with Gasteiger partial charge in [0.15, 0.2) is 0 Å². The molecule has 0 aliphatic rings. The van der Waals surface area contributed by atoms with Crippen molar-refractivity contribution in [1.29, 1.82) is 0 Å². The lowest BCUT2D eigenvalue weighted by Crippen LogP contribution is -2.08. The Morgan fingerprint density at radius 2 is 1.73 bits per heavy atom. The first-order valence-corrected chi connectivity index (χ1v) is 3.85. The zero-order valence-electron chi connectivity index (χ0n) is 7.83. The molecule has 0 aromatic carbocycles. The lowest BCUT2D eigenvalue weighted by molar-refractivity contribution is 0.530. The van der Waals surface area contributed by atoms with Gasteiger partial charge in [0.2, 0.25) is 0 Å². The molecular formula is C10H17N. The summed E-state index contributed by atoms with van der Waals surface area (Å²) in [5.74, 6) is 0. The van der Waals surface area contributed by atoms with Crippen LogP contribution in [0.15, 0.2) is 36.1 Å². The fraction of sp³-hybridized carbons (Fsp3) is 0.400. The highest BCUT2D eigenvalue weighted by Gasteiger charge is 1.89. The third-order valence-electron chi connectivity index (χ3n) is 1.31. The molecule has 0 spiro atoms. The first-order valence-electron chi connectivity index (χ1n) is 3.85. The molecule has 0 aromatic rings. The number of nitrogens with zero attached hydrogens (tertiary/aromatic N) is 1. The van der Waals surface area contributed by atoms with Crippen molar-refractivity contribution in [3.05, 3.63) is 36.1 Å². The van der Waals surface area contributed by atoms with Crippen molar-refractivity contribution in [2.75, 3.05) is 14.1 Å². The molecule has 0 bridgehead atoms. The highest BCUT2D eigenvalue weighted by Crippen LogP contribution is 2.00. The summed E-state index contributed by atoms with van der Waals surface area (Å²) in [4.78, 5) is 2.08. The first kappa shape index (κ1) is 10.0. The van der Waals surface area contributed by atoms with E-state index in [1.807, 2.05) is 46.2 Å². The predicted molar refractivity (Wildman–Crippen MR) is 51.4 cm³/mol. The average Bonchev–Trinajstić information content (AvgIpc) is 1.97. The number of allylic oxidation sites excluding steroid dienone is 5. The molecule has 0 heterocycles. The molecule has 0 saturated heterocycles. The molecule has 11 heavy (non-hydrogen) atoms. The maximum atomic E-state index is 2.08. The second-order valence-electron chi connectivity index (χ2n) is 2.51. The molecule has 1 heteroatoms. The van der Waals surface area contributed by atoms with E-state index in [0.29, 0.717) is 0 Å². The molecule has 0 amide bonds. The molecule has 0 atom stereocenters. The van der Waals surface area contributed by atoms with Crippen LogP contribution in [0.2, 0.25) is 0 Å². The number of hydrogen-bond acceptors (Lipinski definition) is 1. The summed E-state index contributed by atoms with van der Waals surface area (Å²) in [6.45, 7) is 4.03. The molecule has 0 N–H and O–H groups in total. The topological polar surface area (TPSA) is 3.24 Å². The van der Waals surface area contributed by atoms with Crippen LogP contribution in [0.3, 0.4) is 0 Å². The fourth-order valence-electron chi connectivity index (χ4n) is 0.719.